The van der Waals surface area contributed by atoms with Gasteiger partial charge in [-0.2, -0.15) is 0 Å². The molecule has 1 aliphatic rings. The number of hydrogen-bond acceptors (Lipinski definition) is 4. The third-order valence-electron chi connectivity index (χ3n) is 3.56. The summed E-state index contributed by atoms with van der Waals surface area (Å²) in [6.07, 6.45) is 0. The monoisotopic (exact) mass is 313 g/mol. The van der Waals surface area contributed by atoms with Crippen molar-refractivity contribution in [3.05, 3.63) is 29.3 Å². The lowest BCUT2D eigenvalue weighted by atomic mass is 10.1. The van der Waals surface area contributed by atoms with E-state index in [1.807, 2.05) is 11.0 Å². The third-order valence-corrected chi connectivity index (χ3v) is 3.89. The van der Waals surface area contributed by atoms with Gasteiger partial charge in [-0.1, -0.05) is 23.7 Å². The van der Waals surface area contributed by atoms with Gasteiger partial charge >= 0.3 is 6.03 Å². The van der Waals surface area contributed by atoms with E-state index < -0.39 is 0 Å². The van der Waals surface area contributed by atoms with Gasteiger partial charge in [-0.25, -0.2) is 4.79 Å². The molecule has 0 unspecified atom stereocenters. The number of para-hydroxylation sites is 1. The molecule has 3 N–H and O–H groups in total. The van der Waals surface area contributed by atoms with Crippen molar-refractivity contribution in [2.45, 2.75) is 6.04 Å². The van der Waals surface area contributed by atoms with Crippen molar-refractivity contribution in [2.24, 2.45) is 0 Å². The molecule has 0 aliphatic carbocycles. The molecule has 2 rings (SSSR count). The SMILES string of the molecule is O=C(Nc1ccccc1Cl)N1CC(N(CCO)CCO)C1. The minimum atomic E-state index is -0.188. The fourth-order valence-corrected chi connectivity index (χ4v) is 2.53. The normalized spacial score (nSPS) is 15.1. The first kappa shape index (κ1) is 16.0. The Morgan fingerprint density at radius 2 is 1.90 bits per heavy atom. The van der Waals surface area contributed by atoms with Crippen LogP contribution in [-0.4, -0.2) is 71.5 Å². The number of carbonyl (C=O) groups is 1. The zero-order valence-electron chi connectivity index (χ0n) is 11.7. The number of aliphatic hydroxyl groups excluding tert-OH is 2. The molecule has 0 saturated carbocycles. The first-order valence-corrected chi connectivity index (χ1v) is 7.29. The van der Waals surface area contributed by atoms with Crippen LogP contribution in [0.4, 0.5) is 10.5 Å². The van der Waals surface area contributed by atoms with Gasteiger partial charge in [0.25, 0.3) is 0 Å². The highest BCUT2D eigenvalue weighted by Gasteiger charge is 2.34. The molecule has 1 fully saturated rings. The number of urea groups is 1. The Bertz CT molecular complexity index is 474. The highest BCUT2D eigenvalue weighted by Crippen LogP contribution is 2.22. The Morgan fingerprint density at radius 1 is 1.29 bits per heavy atom. The van der Waals surface area contributed by atoms with Crippen LogP contribution in [0.2, 0.25) is 5.02 Å². The molecule has 21 heavy (non-hydrogen) atoms. The summed E-state index contributed by atoms with van der Waals surface area (Å²) in [5.41, 5.74) is 0.593. The molecule has 1 aromatic rings. The molecule has 0 radical (unpaired) electrons. The van der Waals surface area contributed by atoms with Gasteiger partial charge in [-0.05, 0) is 12.1 Å². The van der Waals surface area contributed by atoms with E-state index in [9.17, 15) is 4.79 Å². The lowest BCUT2D eigenvalue weighted by Gasteiger charge is -2.45. The molecular weight excluding hydrogens is 294 g/mol. The van der Waals surface area contributed by atoms with Gasteiger partial charge in [0.2, 0.25) is 0 Å². The van der Waals surface area contributed by atoms with Crippen LogP contribution in [-0.2, 0) is 0 Å². The predicted molar refractivity (Wildman–Crippen MR) is 81.6 cm³/mol. The number of benzene rings is 1. The number of nitrogens with one attached hydrogen (secondary N) is 1. The molecule has 0 aromatic heterocycles. The Hall–Kier alpha value is -1.34. The standard InChI is InChI=1S/C14H20ClN3O3/c15-12-3-1-2-4-13(12)16-14(21)18-9-11(10-18)17(5-7-19)6-8-20/h1-4,11,19-20H,5-10H2,(H,16,21). The number of likely N-dealkylation sites (tertiary alicyclic amines) is 1. The fourth-order valence-electron chi connectivity index (χ4n) is 2.34. The summed E-state index contributed by atoms with van der Waals surface area (Å²) in [6.45, 7) is 2.26. The molecule has 0 spiro atoms. The maximum Gasteiger partial charge on any atom is 0.321 e. The predicted octanol–water partition coefficient (Wildman–Crippen LogP) is 0.843. The van der Waals surface area contributed by atoms with Crippen molar-refractivity contribution in [2.75, 3.05) is 44.7 Å². The summed E-state index contributed by atoms with van der Waals surface area (Å²) in [5, 5.41) is 21.3. The smallest absolute Gasteiger partial charge is 0.321 e. The second-order valence-electron chi connectivity index (χ2n) is 4.95. The lowest BCUT2D eigenvalue weighted by molar-refractivity contribution is 0.0393. The molecule has 0 atom stereocenters. The van der Waals surface area contributed by atoms with Crippen molar-refractivity contribution in [1.82, 2.24) is 9.80 Å². The van der Waals surface area contributed by atoms with Crippen LogP contribution >= 0.6 is 11.6 Å². The van der Waals surface area contributed by atoms with Gasteiger partial charge in [0.05, 0.1) is 23.9 Å². The van der Waals surface area contributed by atoms with Crippen LogP contribution in [0.3, 0.4) is 0 Å². The van der Waals surface area contributed by atoms with Crippen LogP contribution in [0.25, 0.3) is 0 Å². The first-order chi connectivity index (χ1) is 10.2. The molecular formula is C14H20ClN3O3. The van der Waals surface area contributed by atoms with Gasteiger partial charge in [0.1, 0.15) is 0 Å². The summed E-state index contributed by atoms with van der Waals surface area (Å²) in [4.78, 5) is 15.7. The lowest BCUT2D eigenvalue weighted by Crippen LogP contribution is -2.62. The van der Waals surface area contributed by atoms with E-state index >= 15 is 0 Å². The highest BCUT2D eigenvalue weighted by atomic mass is 35.5. The number of anilines is 1. The second-order valence-corrected chi connectivity index (χ2v) is 5.36. The van der Waals surface area contributed by atoms with Crippen molar-refractivity contribution >= 4 is 23.3 Å². The van der Waals surface area contributed by atoms with E-state index in [-0.39, 0.29) is 25.3 Å². The molecule has 6 nitrogen and oxygen atoms in total. The fraction of sp³-hybridized carbons (Fsp3) is 0.500. The maximum atomic E-state index is 12.1. The van der Waals surface area contributed by atoms with Crippen LogP contribution in [0.1, 0.15) is 0 Å². The number of carbonyl (C=O) groups excluding carboxylic acids is 1. The van der Waals surface area contributed by atoms with Gasteiger partial charge in [-0.3, -0.25) is 4.90 Å². The zero-order chi connectivity index (χ0) is 15.2. The van der Waals surface area contributed by atoms with E-state index in [2.05, 4.69) is 5.32 Å². The van der Waals surface area contributed by atoms with E-state index in [1.54, 1.807) is 23.1 Å². The average molecular weight is 314 g/mol. The Kier molecular flexibility index (Phi) is 5.81. The quantitative estimate of drug-likeness (QED) is 0.727. The molecule has 2 amide bonds. The van der Waals surface area contributed by atoms with Crippen LogP contribution in [0.5, 0.6) is 0 Å². The number of rotatable bonds is 6. The third kappa shape index (κ3) is 4.07. The van der Waals surface area contributed by atoms with Crippen molar-refractivity contribution in [3.63, 3.8) is 0 Å². The Balaban J connectivity index is 1.83. The zero-order valence-corrected chi connectivity index (χ0v) is 12.5. The highest BCUT2D eigenvalue weighted by molar-refractivity contribution is 6.33. The number of hydrogen-bond donors (Lipinski definition) is 3. The first-order valence-electron chi connectivity index (χ1n) is 6.92. The summed E-state index contributed by atoms with van der Waals surface area (Å²) in [7, 11) is 0. The van der Waals surface area contributed by atoms with Crippen LogP contribution in [0.15, 0.2) is 24.3 Å². The van der Waals surface area contributed by atoms with E-state index in [0.717, 1.165) is 0 Å². The minimum Gasteiger partial charge on any atom is -0.395 e. The summed E-state index contributed by atoms with van der Waals surface area (Å²) < 4.78 is 0. The Labute approximate surface area is 128 Å². The minimum absolute atomic E-state index is 0.0440. The summed E-state index contributed by atoms with van der Waals surface area (Å²) >= 11 is 6.00. The second kappa shape index (κ2) is 7.61. The van der Waals surface area contributed by atoms with Gasteiger partial charge in [-0.15, -0.1) is 0 Å². The molecule has 1 aromatic carbocycles. The maximum absolute atomic E-state index is 12.1. The van der Waals surface area contributed by atoms with Gasteiger partial charge < -0.3 is 20.4 Å². The van der Waals surface area contributed by atoms with Crippen molar-refractivity contribution in [1.29, 1.82) is 0 Å². The number of halogens is 1. The topological polar surface area (TPSA) is 76.0 Å². The molecule has 1 aliphatic heterocycles. The van der Waals surface area contributed by atoms with E-state index in [1.165, 1.54) is 0 Å². The molecule has 116 valence electrons. The number of aliphatic hydroxyl groups is 2. The van der Waals surface area contributed by atoms with E-state index in [0.29, 0.717) is 36.9 Å². The summed E-state index contributed by atoms with van der Waals surface area (Å²) in [6, 6.07) is 7.08. The molecule has 0 bridgehead atoms. The number of nitrogens with zero attached hydrogens (tertiary/aromatic N) is 2. The average Bonchev–Trinajstić information content (AvgIpc) is 2.40. The number of amides is 2. The summed E-state index contributed by atoms with van der Waals surface area (Å²) in [5.74, 6) is 0. The molecule has 1 saturated heterocycles. The van der Waals surface area contributed by atoms with Crippen LogP contribution < -0.4 is 5.32 Å². The van der Waals surface area contributed by atoms with Gasteiger partial charge in [0, 0.05) is 32.2 Å². The van der Waals surface area contributed by atoms with Crippen molar-refractivity contribution in [3.8, 4) is 0 Å². The van der Waals surface area contributed by atoms with Gasteiger partial charge in [0.15, 0.2) is 0 Å². The van der Waals surface area contributed by atoms with Crippen LogP contribution in [0, 0.1) is 0 Å². The molecule has 7 heteroatoms. The van der Waals surface area contributed by atoms with E-state index in [4.69, 9.17) is 21.8 Å². The largest absolute Gasteiger partial charge is 0.395 e. The van der Waals surface area contributed by atoms with Crippen molar-refractivity contribution < 1.29 is 15.0 Å². The molecule has 1 heterocycles. The Morgan fingerprint density at radius 3 is 2.48 bits per heavy atom.